The van der Waals surface area contributed by atoms with E-state index in [-0.39, 0.29) is 15.8 Å². The van der Waals surface area contributed by atoms with Gasteiger partial charge in [-0.2, -0.15) is 0 Å². The van der Waals surface area contributed by atoms with Crippen LogP contribution in [0.25, 0.3) is 0 Å². The number of nitro benzene ring substituents is 1. The maximum atomic E-state index is 11.0. The Kier molecular flexibility index (Phi) is 4.66. The van der Waals surface area contributed by atoms with Crippen molar-refractivity contribution in [2.45, 2.75) is 28.8 Å². The Labute approximate surface area is 148 Å². The first-order valence-electron chi connectivity index (χ1n) is 6.37. The lowest BCUT2D eigenvalue weighted by Crippen LogP contribution is -2.85. The van der Waals surface area contributed by atoms with Crippen LogP contribution >= 0.6 is 15.9 Å². The minimum atomic E-state index is -4.02. The normalized spacial score (nSPS) is 27.1. The Morgan fingerprint density at radius 1 is 1.12 bits per heavy atom. The van der Waals surface area contributed by atoms with Crippen LogP contribution in [0.2, 0.25) is 0 Å². The molecule has 1 atom stereocenters. The highest BCUT2D eigenvalue weighted by molar-refractivity contribution is 9.08. The van der Waals surface area contributed by atoms with Gasteiger partial charge in [-0.25, -0.2) is 0 Å². The largest absolute Gasteiger partial charge is 0.368 e. The first-order valence-corrected chi connectivity index (χ1v) is 7.50. The maximum Gasteiger partial charge on any atom is 0.360 e. The molecular formula is C11H12BBrN2O10. The van der Waals surface area contributed by atoms with Gasteiger partial charge in [0.05, 0.1) is 10.6 Å². The van der Waals surface area contributed by atoms with E-state index < -0.39 is 39.8 Å². The van der Waals surface area contributed by atoms with Crippen molar-refractivity contribution in [3.05, 3.63) is 33.9 Å². The summed E-state index contributed by atoms with van der Waals surface area (Å²) in [6, 6.07) is 2.72. The van der Waals surface area contributed by atoms with Crippen LogP contribution in [0, 0.1) is 10.1 Å². The third kappa shape index (κ3) is 3.01. The second kappa shape index (κ2) is 5.83. The summed E-state index contributed by atoms with van der Waals surface area (Å²) in [5.41, 5.74) is -4.82. The van der Waals surface area contributed by atoms with Crippen LogP contribution in [0.3, 0.4) is 0 Å². The summed E-state index contributed by atoms with van der Waals surface area (Å²) in [6.45, 7) is 0. The fourth-order valence-electron chi connectivity index (χ4n) is 2.21. The molecule has 0 saturated carbocycles. The maximum absolute atomic E-state index is 11.0. The standard InChI is InChI=1S/C11H12BBrN2O10/c12-8(16)9(17,18)14(10(19,20)11(21,22)25-8)6-1-5(4-13)2-7(3-6)15(23)24/h1-3,16-22H,4H2. The number of alkyl halides is 1. The molecule has 0 aromatic heterocycles. The zero-order valence-electron chi connectivity index (χ0n) is 12.1. The molecule has 1 aromatic carbocycles. The third-order valence-electron chi connectivity index (χ3n) is 3.42. The van der Waals surface area contributed by atoms with Gasteiger partial charge in [-0.3, -0.25) is 19.8 Å². The van der Waals surface area contributed by atoms with E-state index in [4.69, 9.17) is 7.85 Å². The summed E-state index contributed by atoms with van der Waals surface area (Å²) in [5, 5.41) is 79.9. The molecule has 1 aromatic rings. The van der Waals surface area contributed by atoms with Crippen molar-refractivity contribution in [2.24, 2.45) is 0 Å². The van der Waals surface area contributed by atoms with E-state index in [1.165, 1.54) is 0 Å². The van der Waals surface area contributed by atoms with Crippen molar-refractivity contribution in [1.29, 1.82) is 0 Å². The van der Waals surface area contributed by atoms with Crippen LogP contribution in [0.4, 0.5) is 11.4 Å². The lowest BCUT2D eigenvalue weighted by Gasteiger charge is -2.57. The highest BCUT2D eigenvalue weighted by atomic mass is 79.9. The molecule has 0 amide bonds. The molecule has 25 heavy (non-hydrogen) atoms. The summed E-state index contributed by atoms with van der Waals surface area (Å²) in [7, 11) is 5.05. The Balaban J connectivity index is 2.76. The molecular weight excluding hydrogens is 411 g/mol. The van der Waals surface area contributed by atoms with Gasteiger partial charge >= 0.3 is 11.9 Å². The van der Waals surface area contributed by atoms with Crippen LogP contribution < -0.4 is 4.90 Å². The molecule has 0 bridgehead atoms. The number of anilines is 1. The second-order valence-electron chi connectivity index (χ2n) is 5.26. The smallest absolute Gasteiger partial charge is 0.360 e. The topological polar surface area (TPSA) is 197 Å². The van der Waals surface area contributed by atoms with Crippen molar-refractivity contribution in [2.75, 3.05) is 4.90 Å². The number of non-ortho nitro benzene ring substituents is 1. The minimum absolute atomic E-state index is 0.0238. The van der Waals surface area contributed by atoms with Crippen molar-refractivity contribution in [1.82, 2.24) is 0 Å². The van der Waals surface area contributed by atoms with Crippen LogP contribution in [-0.2, 0) is 10.1 Å². The fraction of sp³-hybridized carbons (Fsp3) is 0.455. The van der Waals surface area contributed by atoms with Crippen molar-refractivity contribution in [3.63, 3.8) is 0 Å². The van der Waals surface area contributed by atoms with Crippen molar-refractivity contribution < 1.29 is 45.4 Å². The molecule has 0 aliphatic carbocycles. The summed E-state index contributed by atoms with van der Waals surface area (Å²) >= 11 is 3.01. The highest BCUT2D eigenvalue weighted by Gasteiger charge is 2.72. The molecule has 1 fully saturated rings. The minimum Gasteiger partial charge on any atom is -0.368 e. The molecule has 14 heteroatoms. The van der Waals surface area contributed by atoms with Crippen LogP contribution in [-0.4, -0.2) is 72.0 Å². The van der Waals surface area contributed by atoms with Gasteiger partial charge in [-0.1, -0.05) is 15.9 Å². The first kappa shape index (κ1) is 20.0. The average Bonchev–Trinajstić information content (AvgIpc) is 2.43. The van der Waals surface area contributed by atoms with Crippen LogP contribution in [0.1, 0.15) is 5.56 Å². The number of nitro groups is 1. The van der Waals surface area contributed by atoms with Gasteiger partial charge in [0.15, 0.2) is 13.5 Å². The van der Waals surface area contributed by atoms with E-state index >= 15 is 0 Å². The summed E-state index contributed by atoms with van der Waals surface area (Å²) < 4.78 is 3.94. The molecule has 1 heterocycles. The highest BCUT2D eigenvalue weighted by Crippen LogP contribution is 2.44. The molecule has 2 radical (unpaired) electrons. The first-order chi connectivity index (χ1) is 11.2. The number of benzene rings is 1. The third-order valence-corrected chi connectivity index (χ3v) is 4.07. The molecule has 2 rings (SSSR count). The van der Waals surface area contributed by atoms with Gasteiger partial charge in [0.1, 0.15) is 0 Å². The van der Waals surface area contributed by atoms with Crippen LogP contribution in [0.5, 0.6) is 0 Å². The van der Waals surface area contributed by atoms with Gasteiger partial charge in [0.2, 0.25) is 0 Å². The predicted molar refractivity (Wildman–Crippen MR) is 81.5 cm³/mol. The van der Waals surface area contributed by atoms with E-state index in [9.17, 15) is 45.9 Å². The average molecular weight is 423 g/mol. The van der Waals surface area contributed by atoms with Gasteiger partial charge in [-0.05, 0) is 11.6 Å². The van der Waals surface area contributed by atoms with Gasteiger partial charge in [-0.15, -0.1) is 0 Å². The zero-order chi connectivity index (χ0) is 19.4. The van der Waals surface area contributed by atoms with Crippen LogP contribution in [0.15, 0.2) is 18.2 Å². The number of hydrogen-bond acceptors (Lipinski definition) is 11. The molecule has 1 aliphatic rings. The molecule has 136 valence electrons. The Hall–Kier alpha value is -1.36. The summed E-state index contributed by atoms with van der Waals surface area (Å²) in [5.74, 6) is -11.9. The fourth-order valence-corrected chi connectivity index (χ4v) is 2.53. The molecule has 12 nitrogen and oxygen atoms in total. The molecule has 1 aliphatic heterocycles. The number of aliphatic hydroxyl groups is 7. The number of morpholine rings is 1. The summed E-state index contributed by atoms with van der Waals surface area (Å²) in [6.07, 6.45) is 0. The second-order valence-corrected chi connectivity index (χ2v) is 5.82. The SMILES string of the molecule is [B]C1(O)OC(O)(O)C(O)(O)N(c2cc(CBr)cc([N+](=O)[O-])c2)C1(O)O. The van der Waals surface area contributed by atoms with E-state index in [0.29, 0.717) is 6.07 Å². The number of halogens is 1. The zero-order valence-corrected chi connectivity index (χ0v) is 13.7. The van der Waals surface area contributed by atoms with E-state index in [1.807, 2.05) is 0 Å². The lowest BCUT2D eigenvalue weighted by atomic mass is 9.86. The van der Waals surface area contributed by atoms with Crippen molar-refractivity contribution >= 4 is 35.2 Å². The molecule has 1 saturated heterocycles. The molecule has 0 spiro atoms. The van der Waals surface area contributed by atoms with E-state index in [2.05, 4.69) is 20.7 Å². The van der Waals surface area contributed by atoms with E-state index in [1.54, 1.807) is 0 Å². The molecule has 1 unspecified atom stereocenters. The lowest BCUT2D eigenvalue weighted by molar-refractivity contribution is -0.550. The Bertz CT molecular complexity index is 684. The van der Waals surface area contributed by atoms with Crippen molar-refractivity contribution in [3.8, 4) is 0 Å². The number of nitrogens with zero attached hydrogens (tertiary/aromatic N) is 2. The Morgan fingerprint density at radius 2 is 1.68 bits per heavy atom. The van der Waals surface area contributed by atoms with Gasteiger partial charge in [0, 0.05) is 17.5 Å². The molecule has 7 N–H and O–H groups in total. The Morgan fingerprint density at radius 3 is 2.16 bits per heavy atom. The summed E-state index contributed by atoms with van der Waals surface area (Å²) in [4.78, 5) is 9.77. The van der Waals surface area contributed by atoms with E-state index in [0.717, 1.165) is 12.1 Å². The number of hydrogen-bond donors (Lipinski definition) is 7. The quantitative estimate of drug-likeness (QED) is 0.0864. The van der Waals surface area contributed by atoms with Gasteiger partial charge < -0.3 is 35.7 Å². The predicted octanol–water partition coefficient (Wildman–Crippen LogP) is -2.94. The number of ether oxygens (including phenoxy) is 1. The number of rotatable bonds is 3. The monoisotopic (exact) mass is 422 g/mol. The van der Waals surface area contributed by atoms with Gasteiger partial charge in [0.25, 0.3) is 11.6 Å².